The first-order chi connectivity index (χ1) is 17.2. The van der Waals surface area contributed by atoms with E-state index in [9.17, 15) is 27.7 Å². The number of aromatic nitrogens is 2. The molecule has 1 heterocycles. The van der Waals surface area contributed by atoms with Crippen molar-refractivity contribution in [1.29, 1.82) is 5.26 Å². The van der Waals surface area contributed by atoms with E-state index in [1.807, 2.05) is 0 Å². The van der Waals surface area contributed by atoms with Crippen molar-refractivity contribution < 1.29 is 31.9 Å². The predicted molar refractivity (Wildman–Crippen MR) is 129 cm³/mol. The topological polar surface area (TPSA) is 148 Å². The first-order valence-corrected chi connectivity index (χ1v) is 12.8. The van der Waals surface area contributed by atoms with E-state index in [1.54, 1.807) is 13.0 Å². The Morgan fingerprint density at radius 3 is 2.53 bits per heavy atom. The van der Waals surface area contributed by atoms with Crippen molar-refractivity contribution >= 4 is 44.5 Å². The number of rotatable bonds is 9. The lowest BCUT2D eigenvalue weighted by atomic mass is 10.1. The fourth-order valence-electron chi connectivity index (χ4n) is 2.71. The molecule has 0 atom stereocenters. The number of benzene rings is 2. The summed E-state index contributed by atoms with van der Waals surface area (Å²) in [6.07, 6.45) is 1.27. The number of hydrogen-bond donors (Lipinski definition) is 1. The van der Waals surface area contributed by atoms with E-state index in [1.165, 1.54) is 43.3 Å². The minimum Gasteiger partial charge on any atom is -0.490 e. The summed E-state index contributed by atoms with van der Waals surface area (Å²) in [5.41, 5.74) is 0.222. The van der Waals surface area contributed by atoms with Crippen LogP contribution in [0.4, 0.5) is 9.52 Å². The number of nitrogens with one attached hydrogen (secondary N) is 1. The molecule has 0 aliphatic heterocycles. The van der Waals surface area contributed by atoms with Gasteiger partial charge in [0.25, 0.3) is 11.1 Å². The molecule has 0 aliphatic carbocycles. The average Bonchev–Trinajstić information content (AvgIpc) is 3.33. The molecule has 0 saturated heterocycles. The fourth-order valence-corrected chi connectivity index (χ4v) is 4.29. The minimum atomic E-state index is -3.64. The van der Waals surface area contributed by atoms with Crippen LogP contribution in [-0.4, -0.2) is 42.0 Å². The van der Waals surface area contributed by atoms with Gasteiger partial charge < -0.3 is 9.47 Å². The van der Waals surface area contributed by atoms with E-state index in [-0.39, 0.29) is 40.1 Å². The monoisotopic (exact) mass is 530 g/mol. The highest BCUT2D eigenvalue weighted by Gasteiger charge is 2.20. The Bertz CT molecular complexity index is 1460. The maximum absolute atomic E-state index is 13.1. The molecule has 10 nitrogen and oxygen atoms in total. The highest BCUT2D eigenvalue weighted by atomic mass is 32.2. The van der Waals surface area contributed by atoms with Gasteiger partial charge in [0.2, 0.25) is 15.0 Å². The number of hydrogen-bond acceptors (Lipinski definition) is 10. The van der Waals surface area contributed by atoms with Crippen molar-refractivity contribution in [3.8, 4) is 17.6 Å². The average molecular weight is 531 g/mol. The largest absolute Gasteiger partial charge is 0.490 e. The molecule has 0 spiro atoms. The maximum atomic E-state index is 13.1. The second-order valence-corrected chi connectivity index (χ2v) is 9.87. The number of ether oxygens (including phenoxy) is 2. The molecule has 3 rings (SSSR count). The maximum Gasteiger partial charge on any atom is 0.343 e. The van der Waals surface area contributed by atoms with Crippen LogP contribution in [0.25, 0.3) is 6.08 Å². The number of sulfone groups is 1. The molecule has 0 aliphatic rings. The van der Waals surface area contributed by atoms with Crippen molar-refractivity contribution in [1.82, 2.24) is 9.36 Å². The molecule has 186 valence electrons. The molecule has 1 N–H and O–H groups in total. The Morgan fingerprint density at radius 2 is 1.89 bits per heavy atom. The molecule has 0 saturated carbocycles. The zero-order chi connectivity index (χ0) is 26.3. The number of carbonyl (C=O) groups is 2. The van der Waals surface area contributed by atoms with E-state index < -0.39 is 32.7 Å². The van der Waals surface area contributed by atoms with Gasteiger partial charge in [-0.25, -0.2) is 17.6 Å². The van der Waals surface area contributed by atoms with Gasteiger partial charge in [-0.15, -0.1) is 0 Å². The van der Waals surface area contributed by atoms with E-state index >= 15 is 0 Å². The smallest absolute Gasteiger partial charge is 0.343 e. The van der Waals surface area contributed by atoms with Gasteiger partial charge in [-0.2, -0.15) is 14.6 Å². The van der Waals surface area contributed by atoms with Crippen molar-refractivity contribution in [2.45, 2.75) is 19.0 Å². The van der Waals surface area contributed by atoms with E-state index in [2.05, 4.69) is 14.7 Å². The summed E-state index contributed by atoms with van der Waals surface area (Å²) in [6.45, 7) is 3.40. The molecule has 36 heavy (non-hydrogen) atoms. The van der Waals surface area contributed by atoms with Gasteiger partial charge in [0.1, 0.15) is 17.5 Å². The number of nitrogens with zero attached hydrogens (tertiary/aromatic N) is 3. The Kier molecular flexibility index (Phi) is 8.46. The molecule has 0 unspecified atom stereocenters. The quantitative estimate of drug-likeness (QED) is 0.189. The van der Waals surface area contributed by atoms with Gasteiger partial charge in [-0.05, 0) is 55.0 Å². The van der Waals surface area contributed by atoms with Crippen LogP contribution in [0.2, 0.25) is 0 Å². The second kappa shape index (κ2) is 11.5. The Balaban J connectivity index is 1.81. The normalized spacial score (nSPS) is 11.4. The van der Waals surface area contributed by atoms with E-state index in [0.717, 1.165) is 12.1 Å². The van der Waals surface area contributed by atoms with Crippen LogP contribution in [0.5, 0.6) is 11.5 Å². The third-order valence-electron chi connectivity index (χ3n) is 4.51. The van der Waals surface area contributed by atoms with Crippen molar-refractivity contribution in [2.24, 2.45) is 0 Å². The number of amides is 1. The van der Waals surface area contributed by atoms with Gasteiger partial charge in [-0.3, -0.25) is 10.1 Å². The second-order valence-electron chi connectivity index (χ2n) is 6.95. The number of halogens is 1. The van der Waals surface area contributed by atoms with Crippen molar-refractivity contribution in [3.05, 3.63) is 65.0 Å². The van der Waals surface area contributed by atoms with Gasteiger partial charge in [-0.1, -0.05) is 13.0 Å². The van der Waals surface area contributed by atoms with Gasteiger partial charge in [0, 0.05) is 11.5 Å². The van der Waals surface area contributed by atoms with Gasteiger partial charge >= 0.3 is 5.97 Å². The first-order valence-electron chi connectivity index (χ1n) is 10.4. The van der Waals surface area contributed by atoms with Crippen LogP contribution >= 0.6 is 11.5 Å². The first kappa shape index (κ1) is 26.5. The summed E-state index contributed by atoms with van der Waals surface area (Å²) in [7, 11) is -3.64. The molecular formula is C23H19FN4O6S2. The van der Waals surface area contributed by atoms with Crippen LogP contribution in [-0.2, 0) is 14.6 Å². The minimum absolute atomic E-state index is 0.0776. The van der Waals surface area contributed by atoms with Gasteiger partial charge in [0.15, 0.2) is 11.5 Å². The third-order valence-corrected chi connectivity index (χ3v) is 6.76. The number of nitriles is 1. The molecule has 0 fully saturated rings. The lowest BCUT2D eigenvalue weighted by molar-refractivity contribution is -0.112. The summed E-state index contributed by atoms with van der Waals surface area (Å²) in [4.78, 5) is 28.7. The van der Waals surface area contributed by atoms with Crippen LogP contribution in [0, 0.1) is 17.1 Å². The van der Waals surface area contributed by atoms with E-state index in [4.69, 9.17) is 9.47 Å². The molecule has 3 aromatic rings. The molecule has 1 amide bonds. The Labute approximate surface area is 210 Å². The summed E-state index contributed by atoms with van der Waals surface area (Å²) < 4.78 is 51.4. The number of esters is 1. The third kappa shape index (κ3) is 6.49. The number of carbonyl (C=O) groups excluding carboxylic acids is 2. The highest BCUT2D eigenvalue weighted by Crippen LogP contribution is 2.30. The van der Waals surface area contributed by atoms with Gasteiger partial charge in [0.05, 0.1) is 17.9 Å². The summed E-state index contributed by atoms with van der Waals surface area (Å²) in [5, 5.41) is 11.3. The SMILES string of the molecule is CCOc1cc(C=C(C#N)C(=O)Nc2nc(S(=O)(=O)CC)ns2)ccc1OC(=O)c1ccc(F)cc1. The van der Waals surface area contributed by atoms with Crippen molar-refractivity contribution in [2.75, 3.05) is 17.7 Å². The molecule has 13 heteroatoms. The van der Waals surface area contributed by atoms with Crippen LogP contribution in [0.3, 0.4) is 0 Å². The number of anilines is 1. The molecular weight excluding hydrogens is 511 g/mol. The standard InChI is InChI=1S/C23H19FN4O6S2/c1-3-33-19-12-14(5-10-18(19)34-21(30)15-6-8-17(24)9-7-15)11-16(13-25)20(29)26-22-27-23(28-35-22)36(31,32)4-2/h5-12H,3-4H2,1-2H3,(H,26,27,28,29). The predicted octanol–water partition coefficient (Wildman–Crippen LogP) is 3.63. The highest BCUT2D eigenvalue weighted by molar-refractivity contribution is 7.91. The molecule has 1 aromatic heterocycles. The summed E-state index contributed by atoms with van der Waals surface area (Å²) in [5.74, 6) is -1.97. The molecule has 0 radical (unpaired) electrons. The summed E-state index contributed by atoms with van der Waals surface area (Å²) in [6, 6.07) is 11.0. The molecule has 0 bridgehead atoms. The zero-order valence-electron chi connectivity index (χ0n) is 19.0. The van der Waals surface area contributed by atoms with Crippen LogP contribution in [0.1, 0.15) is 29.8 Å². The lowest BCUT2D eigenvalue weighted by Crippen LogP contribution is -2.14. The Morgan fingerprint density at radius 1 is 1.17 bits per heavy atom. The molecule has 2 aromatic carbocycles. The summed E-state index contributed by atoms with van der Waals surface area (Å²) >= 11 is 0.672. The van der Waals surface area contributed by atoms with Crippen LogP contribution in [0.15, 0.2) is 53.2 Å². The van der Waals surface area contributed by atoms with E-state index in [0.29, 0.717) is 17.1 Å². The van der Waals surface area contributed by atoms with Crippen LogP contribution < -0.4 is 14.8 Å². The lowest BCUT2D eigenvalue weighted by Gasteiger charge is -2.11. The fraction of sp³-hybridized carbons (Fsp3) is 0.174. The van der Waals surface area contributed by atoms with Crippen molar-refractivity contribution in [3.63, 3.8) is 0 Å². The zero-order valence-corrected chi connectivity index (χ0v) is 20.7. The Hall–Kier alpha value is -4.15.